The first-order valence-corrected chi connectivity index (χ1v) is 7.44. The smallest absolute Gasteiger partial charge is 0.0699 e. The van der Waals surface area contributed by atoms with Gasteiger partial charge in [0, 0.05) is 7.11 Å². The maximum Gasteiger partial charge on any atom is 0.0699 e. The van der Waals surface area contributed by atoms with Crippen LogP contribution in [0.3, 0.4) is 0 Å². The molecule has 1 aromatic heterocycles. The third-order valence-electron chi connectivity index (χ3n) is 3.82. The van der Waals surface area contributed by atoms with Crippen molar-refractivity contribution in [3.63, 3.8) is 0 Å². The number of hydrogen-bond donors (Lipinski definition) is 1. The molecule has 1 saturated carbocycles. The van der Waals surface area contributed by atoms with Crippen molar-refractivity contribution in [2.75, 3.05) is 20.8 Å². The summed E-state index contributed by atoms with van der Waals surface area (Å²) in [4.78, 5) is 0. The van der Waals surface area contributed by atoms with E-state index in [4.69, 9.17) is 4.74 Å². The quantitative estimate of drug-likeness (QED) is 0.877. The molecule has 102 valence electrons. The third kappa shape index (κ3) is 2.95. The Bertz CT molecular complexity index is 374. The second-order valence-corrected chi connectivity index (χ2v) is 5.76. The molecule has 0 bridgehead atoms. The number of halogens is 1. The van der Waals surface area contributed by atoms with Gasteiger partial charge in [0.2, 0.25) is 0 Å². The molecule has 1 heterocycles. The summed E-state index contributed by atoms with van der Waals surface area (Å²) in [5.41, 5.74) is 1.27. The van der Waals surface area contributed by atoms with Crippen LogP contribution in [0.1, 0.15) is 37.4 Å². The van der Waals surface area contributed by atoms with E-state index in [0.717, 1.165) is 16.9 Å². The summed E-state index contributed by atoms with van der Waals surface area (Å²) in [6.07, 6.45) is 7.23. The van der Waals surface area contributed by atoms with Crippen LogP contribution in [-0.4, -0.2) is 30.5 Å². The highest BCUT2D eigenvalue weighted by atomic mass is 79.9. The fourth-order valence-electron chi connectivity index (χ4n) is 2.92. The summed E-state index contributed by atoms with van der Waals surface area (Å²) < 4.78 is 8.32. The monoisotopic (exact) mass is 315 g/mol. The molecule has 1 unspecified atom stereocenters. The molecule has 4 nitrogen and oxygen atoms in total. The van der Waals surface area contributed by atoms with Gasteiger partial charge in [-0.15, -0.1) is 0 Å². The van der Waals surface area contributed by atoms with E-state index < -0.39 is 0 Å². The summed E-state index contributed by atoms with van der Waals surface area (Å²) in [5, 5.41) is 7.92. The van der Waals surface area contributed by atoms with E-state index in [1.165, 1.54) is 31.4 Å². The number of nitrogens with zero attached hydrogens (tertiary/aromatic N) is 2. The minimum Gasteiger partial charge on any atom is -0.383 e. The van der Waals surface area contributed by atoms with Crippen LogP contribution in [0.4, 0.5) is 0 Å². The number of ether oxygens (including phenoxy) is 1. The van der Waals surface area contributed by atoms with Crippen LogP contribution < -0.4 is 5.32 Å². The Morgan fingerprint density at radius 3 is 2.89 bits per heavy atom. The predicted octanol–water partition coefficient (Wildman–Crippen LogP) is 2.74. The molecule has 1 aromatic rings. The van der Waals surface area contributed by atoms with Crippen molar-refractivity contribution in [3.8, 4) is 0 Å². The molecule has 5 heteroatoms. The lowest BCUT2D eigenvalue weighted by atomic mass is 9.95. The standard InChI is InChI=1S/C13H22BrN3O/c1-15-12(10-5-3-4-6-10)13-11(14)9-16-17(13)7-8-18-2/h9-10,12,15H,3-8H2,1-2H3. The van der Waals surface area contributed by atoms with Gasteiger partial charge >= 0.3 is 0 Å². The molecule has 0 radical (unpaired) electrons. The zero-order valence-corrected chi connectivity index (χ0v) is 12.7. The van der Waals surface area contributed by atoms with Gasteiger partial charge in [0.15, 0.2) is 0 Å². The summed E-state index contributed by atoms with van der Waals surface area (Å²) >= 11 is 3.63. The molecule has 2 rings (SSSR count). The summed E-state index contributed by atoms with van der Waals surface area (Å²) in [7, 11) is 3.77. The molecule has 0 saturated heterocycles. The average Bonchev–Trinajstić information content (AvgIpc) is 3.00. The Kier molecular flexibility index (Phi) is 5.21. The van der Waals surface area contributed by atoms with Crippen molar-refractivity contribution in [2.24, 2.45) is 5.92 Å². The molecule has 1 aliphatic carbocycles. The summed E-state index contributed by atoms with van der Waals surface area (Å²) in [5.74, 6) is 0.726. The van der Waals surface area contributed by atoms with E-state index in [1.54, 1.807) is 7.11 Å². The maximum atomic E-state index is 5.15. The van der Waals surface area contributed by atoms with Crippen LogP contribution in [0.5, 0.6) is 0 Å². The highest BCUT2D eigenvalue weighted by Crippen LogP contribution is 2.37. The number of rotatable bonds is 6. The highest BCUT2D eigenvalue weighted by molar-refractivity contribution is 9.10. The fourth-order valence-corrected chi connectivity index (χ4v) is 3.47. The summed E-state index contributed by atoms with van der Waals surface area (Å²) in [6.45, 7) is 1.50. The zero-order chi connectivity index (χ0) is 13.0. The SMILES string of the molecule is CNC(c1c(Br)cnn1CCOC)C1CCCC1. The van der Waals surface area contributed by atoms with Gasteiger partial charge in [-0.1, -0.05) is 12.8 Å². The molecule has 1 atom stereocenters. The van der Waals surface area contributed by atoms with E-state index in [1.807, 2.05) is 13.2 Å². The molecule has 0 aromatic carbocycles. The van der Waals surface area contributed by atoms with Gasteiger partial charge in [0.25, 0.3) is 0 Å². The van der Waals surface area contributed by atoms with E-state index in [9.17, 15) is 0 Å². The van der Waals surface area contributed by atoms with Gasteiger partial charge < -0.3 is 10.1 Å². The van der Waals surface area contributed by atoms with Gasteiger partial charge in [-0.3, -0.25) is 4.68 Å². The lowest BCUT2D eigenvalue weighted by Gasteiger charge is -2.24. The van der Waals surface area contributed by atoms with Gasteiger partial charge in [0.05, 0.1) is 35.6 Å². The van der Waals surface area contributed by atoms with Crippen molar-refractivity contribution in [1.82, 2.24) is 15.1 Å². The van der Waals surface area contributed by atoms with Crippen LogP contribution in [0, 0.1) is 5.92 Å². The lowest BCUT2D eigenvalue weighted by Crippen LogP contribution is -2.27. The van der Waals surface area contributed by atoms with Gasteiger partial charge in [-0.05, 0) is 41.7 Å². The first-order valence-electron chi connectivity index (χ1n) is 6.65. The Balaban J connectivity index is 2.20. The second kappa shape index (κ2) is 6.68. The van der Waals surface area contributed by atoms with E-state index >= 15 is 0 Å². The Morgan fingerprint density at radius 2 is 2.28 bits per heavy atom. The normalized spacial score (nSPS) is 18.4. The molecule has 1 fully saturated rings. The van der Waals surface area contributed by atoms with Gasteiger partial charge in [-0.2, -0.15) is 5.10 Å². The van der Waals surface area contributed by atoms with E-state index in [0.29, 0.717) is 12.6 Å². The largest absolute Gasteiger partial charge is 0.383 e. The Morgan fingerprint density at radius 1 is 1.56 bits per heavy atom. The lowest BCUT2D eigenvalue weighted by molar-refractivity contribution is 0.180. The summed E-state index contributed by atoms with van der Waals surface area (Å²) in [6, 6.07) is 0.390. The fraction of sp³-hybridized carbons (Fsp3) is 0.769. The van der Waals surface area contributed by atoms with E-state index in [-0.39, 0.29) is 0 Å². The Labute approximate surface area is 117 Å². The van der Waals surface area contributed by atoms with Crippen LogP contribution in [0.25, 0.3) is 0 Å². The van der Waals surface area contributed by atoms with Crippen LogP contribution in [0.15, 0.2) is 10.7 Å². The van der Waals surface area contributed by atoms with Crippen LogP contribution >= 0.6 is 15.9 Å². The number of aromatic nitrogens is 2. The number of methoxy groups -OCH3 is 1. The zero-order valence-electron chi connectivity index (χ0n) is 11.2. The first-order chi connectivity index (χ1) is 8.77. The second-order valence-electron chi connectivity index (χ2n) is 4.90. The van der Waals surface area contributed by atoms with Crippen molar-refractivity contribution < 1.29 is 4.74 Å². The minimum absolute atomic E-state index is 0.390. The molecule has 0 spiro atoms. The minimum atomic E-state index is 0.390. The maximum absolute atomic E-state index is 5.15. The number of nitrogens with one attached hydrogen (secondary N) is 1. The van der Waals surface area contributed by atoms with Crippen molar-refractivity contribution >= 4 is 15.9 Å². The van der Waals surface area contributed by atoms with Crippen molar-refractivity contribution in [2.45, 2.75) is 38.3 Å². The Hall–Kier alpha value is -0.390. The molecule has 1 aliphatic rings. The van der Waals surface area contributed by atoms with Crippen LogP contribution in [-0.2, 0) is 11.3 Å². The van der Waals surface area contributed by atoms with E-state index in [2.05, 4.69) is 31.0 Å². The molecular weight excluding hydrogens is 294 g/mol. The van der Waals surface area contributed by atoms with Crippen molar-refractivity contribution in [1.29, 1.82) is 0 Å². The highest BCUT2D eigenvalue weighted by Gasteiger charge is 2.29. The molecular formula is C13H22BrN3O. The first kappa shape index (κ1) is 14.0. The molecule has 18 heavy (non-hydrogen) atoms. The number of hydrogen-bond acceptors (Lipinski definition) is 3. The molecule has 0 aliphatic heterocycles. The van der Waals surface area contributed by atoms with Gasteiger partial charge in [0.1, 0.15) is 0 Å². The predicted molar refractivity (Wildman–Crippen MR) is 75.6 cm³/mol. The molecule has 0 amide bonds. The van der Waals surface area contributed by atoms with Gasteiger partial charge in [-0.25, -0.2) is 0 Å². The molecule has 1 N–H and O–H groups in total. The van der Waals surface area contributed by atoms with Crippen molar-refractivity contribution in [3.05, 3.63) is 16.4 Å². The third-order valence-corrected chi connectivity index (χ3v) is 4.43. The topological polar surface area (TPSA) is 39.1 Å². The average molecular weight is 316 g/mol. The van der Waals surface area contributed by atoms with Crippen LogP contribution in [0.2, 0.25) is 0 Å².